The molecule has 1 aliphatic rings. The van der Waals surface area contributed by atoms with E-state index < -0.39 is 5.97 Å². The van der Waals surface area contributed by atoms with Crippen molar-refractivity contribution in [3.8, 4) is 0 Å². The van der Waals surface area contributed by atoms with Gasteiger partial charge in [0.15, 0.2) is 0 Å². The van der Waals surface area contributed by atoms with E-state index >= 15 is 0 Å². The average Bonchev–Trinajstić information content (AvgIpc) is 3.34. The highest BCUT2D eigenvalue weighted by molar-refractivity contribution is 6.34. The minimum atomic E-state index is -1.02. The van der Waals surface area contributed by atoms with E-state index in [0.717, 1.165) is 42.0 Å². The Morgan fingerprint density at radius 3 is 2.73 bits per heavy atom. The molecule has 1 aliphatic heterocycles. The van der Waals surface area contributed by atoms with E-state index in [-0.39, 0.29) is 17.5 Å². The number of aromatic carboxylic acids is 1. The first-order chi connectivity index (χ1) is 16.0. The molecule has 0 spiro atoms. The number of anilines is 1. The number of para-hydroxylation sites is 1. The summed E-state index contributed by atoms with van der Waals surface area (Å²) in [4.78, 5) is 29.4. The van der Waals surface area contributed by atoms with Crippen molar-refractivity contribution in [2.45, 2.75) is 45.6 Å². The number of aryl methyl sites for hydroxylation is 1. The van der Waals surface area contributed by atoms with Gasteiger partial charge >= 0.3 is 5.97 Å². The Kier molecular flexibility index (Phi) is 6.65. The van der Waals surface area contributed by atoms with Gasteiger partial charge in [0, 0.05) is 28.3 Å². The first-order valence-electron chi connectivity index (χ1n) is 11.2. The summed E-state index contributed by atoms with van der Waals surface area (Å²) in [5, 5.41) is 13.1. The normalized spacial score (nSPS) is 14.9. The van der Waals surface area contributed by atoms with Crippen molar-refractivity contribution in [1.82, 2.24) is 9.55 Å². The summed E-state index contributed by atoms with van der Waals surface area (Å²) in [7, 11) is 0. The molecule has 6 nitrogen and oxygen atoms in total. The molecular weight excluding hydrogens is 438 g/mol. The zero-order valence-electron chi connectivity index (χ0n) is 18.6. The monoisotopic (exact) mass is 463 g/mol. The molecule has 3 aromatic rings. The molecule has 0 fully saturated rings. The summed E-state index contributed by atoms with van der Waals surface area (Å²) >= 11 is 6.56. The largest absolute Gasteiger partial charge is 0.478 e. The molecular formula is C26H26ClN3O3. The number of nitrogens with one attached hydrogen (secondary N) is 1. The third-order valence-electron chi connectivity index (χ3n) is 5.97. The number of carboxylic acid groups (broad SMARTS) is 1. The highest BCUT2D eigenvalue weighted by Gasteiger charge is 2.28. The summed E-state index contributed by atoms with van der Waals surface area (Å²) in [6.45, 7) is 4.11. The molecule has 7 heteroatoms. The van der Waals surface area contributed by atoms with Gasteiger partial charge in [-0.3, -0.25) is 4.79 Å². The van der Waals surface area contributed by atoms with Gasteiger partial charge in [-0.15, -0.1) is 0 Å². The van der Waals surface area contributed by atoms with Crippen molar-refractivity contribution in [3.05, 3.63) is 81.9 Å². The number of carbonyl (C=O) groups excluding carboxylic acids is 1. The Balaban J connectivity index is 1.91. The van der Waals surface area contributed by atoms with Gasteiger partial charge in [-0.25, -0.2) is 9.78 Å². The molecule has 170 valence electrons. The Hall–Kier alpha value is -3.38. The first-order valence-corrected chi connectivity index (χ1v) is 11.5. The Morgan fingerprint density at radius 2 is 2.00 bits per heavy atom. The van der Waals surface area contributed by atoms with Gasteiger partial charge in [-0.05, 0) is 37.1 Å². The second kappa shape index (κ2) is 9.63. The van der Waals surface area contributed by atoms with E-state index in [1.807, 2.05) is 41.8 Å². The number of aromatic nitrogens is 2. The van der Waals surface area contributed by atoms with Crippen LogP contribution in [0, 0.1) is 0 Å². The lowest BCUT2D eigenvalue weighted by atomic mass is 9.97. The van der Waals surface area contributed by atoms with Crippen LogP contribution in [0.4, 0.5) is 5.69 Å². The molecule has 2 N–H and O–H groups in total. The number of nitrogens with zero attached hydrogens (tertiary/aromatic N) is 2. The minimum absolute atomic E-state index is 0.170. The van der Waals surface area contributed by atoms with E-state index in [9.17, 15) is 14.7 Å². The van der Waals surface area contributed by atoms with E-state index in [1.54, 1.807) is 24.4 Å². The summed E-state index contributed by atoms with van der Waals surface area (Å²) in [6, 6.07) is 12.2. The number of unbranched alkanes of at least 4 members (excludes halogenated alkanes) is 1. The van der Waals surface area contributed by atoms with Gasteiger partial charge in [0.25, 0.3) is 5.91 Å². The van der Waals surface area contributed by atoms with Gasteiger partial charge in [0.1, 0.15) is 5.82 Å². The predicted octanol–water partition coefficient (Wildman–Crippen LogP) is 6.07. The summed E-state index contributed by atoms with van der Waals surface area (Å²) < 4.78 is 2.05. The second-order valence-electron chi connectivity index (χ2n) is 8.06. The predicted molar refractivity (Wildman–Crippen MR) is 131 cm³/mol. The van der Waals surface area contributed by atoms with Crippen LogP contribution in [0.15, 0.2) is 48.7 Å². The first kappa shape index (κ1) is 22.8. The van der Waals surface area contributed by atoms with Gasteiger partial charge in [-0.1, -0.05) is 56.1 Å². The fourth-order valence-electron chi connectivity index (χ4n) is 4.41. The van der Waals surface area contributed by atoms with Crippen LogP contribution in [0.25, 0.3) is 11.6 Å². The zero-order valence-corrected chi connectivity index (χ0v) is 19.4. The topological polar surface area (TPSA) is 84.2 Å². The van der Waals surface area contributed by atoms with Crippen LogP contribution in [0.5, 0.6) is 0 Å². The molecule has 4 rings (SSSR count). The van der Waals surface area contributed by atoms with E-state index in [1.165, 1.54) is 0 Å². The van der Waals surface area contributed by atoms with Crippen molar-refractivity contribution >= 4 is 40.8 Å². The van der Waals surface area contributed by atoms with Crippen LogP contribution in [0.3, 0.4) is 0 Å². The summed E-state index contributed by atoms with van der Waals surface area (Å²) in [5.41, 5.74) is 3.64. The van der Waals surface area contributed by atoms with Crippen LogP contribution in [0.2, 0.25) is 5.02 Å². The number of imidazole rings is 1. The fraction of sp³-hybridized carbons (Fsp3) is 0.269. The lowest BCUT2D eigenvalue weighted by Gasteiger charge is -2.24. The maximum atomic E-state index is 12.7. The van der Waals surface area contributed by atoms with Crippen LogP contribution >= 0.6 is 11.6 Å². The molecule has 2 heterocycles. The fourth-order valence-corrected chi connectivity index (χ4v) is 4.71. The molecule has 0 saturated carbocycles. The van der Waals surface area contributed by atoms with Crippen molar-refractivity contribution in [2.75, 3.05) is 5.32 Å². The Morgan fingerprint density at radius 1 is 1.21 bits per heavy atom. The number of rotatable bonds is 8. The van der Waals surface area contributed by atoms with Gasteiger partial charge in [0.2, 0.25) is 0 Å². The molecule has 0 bridgehead atoms. The Bertz CT molecular complexity index is 1250. The van der Waals surface area contributed by atoms with Crippen LogP contribution in [-0.4, -0.2) is 26.5 Å². The number of amides is 1. The lowest BCUT2D eigenvalue weighted by Crippen LogP contribution is -2.18. The Labute approximate surface area is 197 Å². The van der Waals surface area contributed by atoms with Crippen molar-refractivity contribution < 1.29 is 14.7 Å². The third kappa shape index (κ3) is 4.31. The van der Waals surface area contributed by atoms with Crippen molar-refractivity contribution in [3.63, 3.8) is 0 Å². The molecule has 2 aromatic carbocycles. The van der Waals surface area contributed by atoms with Crippen LogP contribution in [-0.2, 0) is 11.2 Å². The molecule has 1 aromatic heterocycles. The van der Waals surface area contributed by atoms with Gasteiger partial charge < -0.3 is 15.0 Å². The van der Waals surface area contributed by atoms with Crippen molar-refractivity contribution in [1.29, 1.82) is 0 Å². The maximum absolute atomic E-state index is 12.7. The van der Waals surface area contributed by atoms with Crippen molar-refractivity contribution in [2.24, 2.45) is 0 Å². The van der Waals surface area contributed by atoms with E-state index in [2.05, 4.69) is 17.2 Å². The number of fused-ring (bicyclic) bond motifs is 1. The highest BCUT2D eigenvalue weighted by atomic mass is 35.5. The standard InChI is InChI=1S/C26H26ClN3O3/c1-3-5-13-23-28-15-16(14-19-17-9-6-7-12-21(17)29-25(19)31)30(23)22(4-2)24-18(26(32)33)10-8-11-20(24)27/h6-12,14-15,22H,3-5,13H2,1-2H3,(H,29,31)(H,32,33). The number of hydrogen-bond donors (Lipinski definition) is 2. The second-order valence-corrected chi connectivity index (χ2v) is 8.47. The molecule has 0 saturated heterocycles. The van der Waals surface area contributed by atoms with Crippen LogP contribution in [0.1, 0.15) is 72.2 Å². The molecule has 33 heavy (non-hydrogen) atoms. The lowest BCUT2D eigenvalue weighted by molar-refractivity contribution is -0.110. The summed E-state index contributed by atoms with van der Waals surface area (Å²) in [5.74, 6) is -0.347. The molecule has 0 aliphatic carbocycles. The number of carbonyl (C=O) groups is 2. The number of carboxylic acids is 1. The molecule has 1 amide bonds. The van der Waals surface area contributed by atoms with Crippen LogP contribution < -0.4 is 5.32 Å². The smallest absolute Gasteiger partial charge is 0.336 e. The molecule has 1 atom stereocenters. The quantitative estimate of drug-likeness (QED) is 0.397. The maximum Gasteiger partial charge on any atom is 0.336 e. The molecule has 1 unspecified atom stereocenters. The number of hydrogen-bond acceptors (Lipinski definition) is 3. The number of benzene rings is 2. The average molecular weight is 464 g/mol. The SMILES string of the molecule is CCCCc1ncc(C=C2C(=O)Nc3ccccc32)n1C(CC)c1c(Cl)cccc1C(=O)O. The summed E-state index contributed by atoms with van der Waals surface area (Å²) in [6.07, 6.45) is 6.89. The highest BCUT2D eigenvalue weighted by Crippen LogP contribution is 2.37. The van der Waals surface area contributed by atoms with Gasteiger partial charge in [-0.2, -0.15) is 0 Å². The van der Waals surface area contributed by atoms with E-state index in [0.29, 0.717) is 22.6 Å². The van der Waals surface area contributed by atoms with E-state index in [4.69, 9.17) is 11.6 Å². The molecule has 0 radical (unpaired) electrons. The zero-order chi connectivity index (χ0) is 23.5. The number of halogens is 1. The third-order valence-corrected chi connectivity index (χ3v) is 6.30. The van der Waals surface area contributed by atoms with Gasteiger partial charge in [0.05, 0.1) is 29.1 Å². The minimum Gasteiger partial charge on any atom is -0.478 e.